The first-order chi connectivity index (χ1) is 12.7. The summed E-state index contributed by atoms with van der Waals surface area (Å²) in [5.74, 6) is 0.514. The maximum atomic E-state index is 12.4. The first-order valence-electron chi connectivity index (χ1n) is 8.51. The molecular weight excluding hydrogens is 326 g/mol. The smallest absolute Gasteiger partial charge is 0.274 e. The molecule has 1 aliphatic rings. The molecule has 1 N–H and O–H groups in total. The van der Waals surface area contributed by atoms with Gasteiger partial charge in [-0.3, -0.25) is 4.79 Å². The SMILES string of the molecule is COc1ccc(NC(=O)c2ccc(N3CCc4ccccc43)cn2)cc1. The fraction of sp³-hybridized carbons (Fsp3) is 0.143. The van der Waals surface area contributed by atoms with E-state index in [1.165, 1.54) is 11.3 Å². The number of pyridine rings is 1. The quantitative estimate of drug-likeness (QED) is 0.775. The van der Waals surface area contributed by atoms with Crippen molar-refractivity contribution in [2.24, 2.45) is 0 Å². The Morgan fingerprint density at radius 2 is 1.88 bits per heavy atom. The number of para-hydroxylation sites is 1. The monoisotopic (exact) mass is 345 g/mol. The third-order valence-electron chi connectivity index (χ3n) is 4.53. The number of hydrogen-bond donors (Lipinski definition) is 1. The number of carbonyl (C=O) groups is 1. The lowest BCUT2D eigenvalue weighted by Gasteiger charge is -2.19. The Kier molecular flexibility index (Phi) is 4.27. The van der Waals surface area contributed by atoms with Crippen molar-refractivity contribution in [3.8, 4) is 5.75 Å². The fourth-order valence-electron chi connectivity index (χ4n) is 3.16. The Morgan fingerprint density at radius 3 is 2.62 bits per heavy atom. The Balaban J connectivity index is 1.48. The van der Waals surface area contributed by atoms with Crippen LogP contribution in [0, 0.1) is 0 Å². The normalized spacial score (nSPS) is 12.6. The van der Waals surface area contributed by atoms with Crippen LogP contribution in [0.25, 0.3) is 0 Å². The topological polar surface area (TPSA) is 54.5 Å². The summed E-state index contributed by atoms with van der Waals surface area (Å²) in [6, 6.07) is 19.3. The lowest BCUT2D eigenvalue weighted by Crippen LogP contribution is -2.16. The number of nitrogens with zero attached hydrogens (tertiary/aromatic N) is 2. The van der Waals surface area contributed by atoms with Crippen LogP contribution in [-0.4, -0.2) is 24.5 Å². The Labute approximate surface area is 152 Å². The third-order valence-corrected chi connectivity index (χ3v) is 4.53. The predicted octanol–water partition coefficient (Wildman–Crippen LogP) is 4.04. The number of rotatable bonds is 4. The number of carbonyl (C=O) groups excluding carboxylic acids is 1. The molecule has 0 spiro atoms. The van der Waals surface area contributed by atoms with E-state index >= 15 is 0 Å². The first kappa shape index (κ1) is 16.1. The minimum Gasteiger partial charge on any atom is -0.497 e. The molecule has 1 aromatic heterocycles. The average Bonchev–Trinajstić information content (AvgIpc) is 3.13. The minimum atomic E-state index is -0.233. The summed E-state index contributed by atoms with van der Waals surface area (Å²) in [5.41, 5.74) is 4.64. The van der Waals surface area contributed by atoms with E-state index in [1.807, 2.05) is 12.1 Å². The predicted molar refractivity (Wildman–Crippen MR) is 102 cm³/mol. The van der Waals surface area contributed by atoms with Crippen LogP contribution >= 0.6 is 0 Å². The van der Waals surface area contributed by atoms with Gasteiger partial charge in [0.05, 0.1) is 19.0 Å². The number of benzene rings is 2. The van der Waals surface area contributed by atoms with E-state index < -0.39 is 0 Å². The Bertz CT molecular complexity index is 921. The highest BCUT2D eigenvalue weighted by atomic mass is 16.5. The second kappa shape index (κ2) is 6.88. The molecule has 0 saturated heterocycles. The lowest BCUT2D eigenvalue weighted by atomic mass is 10.2. The van der Waals surface area contributed by atoms with Crippen LogP contribution in [-0.2, 0) is 6.42 Å². The Hall–Kier alpha value is -3.34. The average molecular weight is 345 g/mol. The molecule has 0 bridgehead atoms. The molecule has 0 atom stereocenters. The van der Waals surface area contributed by atoms with Gasteiger partial charge in [0.2, 0.25) is 0 Å². The molecule has 3 aromatic rings. The van der Waals surface area contributed by atoms with Crippen LogP contribution in [0.1, 0.15) is 16.1 Å². The molecular formula is C21H19N3O2. The van der Waals surface area contributed by atoms with Crippen molar-refractivity contribution in [3.05, 3.63) is 78.1 Å². The van der Waals surface area contributed by atoms with Gasteiger partial charge in [0.25, 0.3) is 5.91 Å². The number of hydrogen-bond acceptors (Lipinski definition) is 4. The van der Waals surface area contributed by atoms with Gasteiger partial charge in [-0.1, -0.05) is 18.2 Å². The van der Waals surface area contributed by atoms with Crippen LogP contribution in [0.5, 0.6) is 5.75 Å². The van der Waals surface area contributed by atoms with Crippen molar-refractivity contribution in [1.29, 1.82) is 0 Å². The lowest BCUT2D eigenvalue weighted by molar-refractivity contribution is 0.102. The fourth-order valence-corrected chi connectivity index (χ4v) is 3.16. The van der Waals surface area contributed by atoms with Gasteiger partial charge in [0.1, 0.15) is 11.4 Å². The van der Waals surface area contributed by atoms with Gasteiger partial charge in [-0.25, -0.2) is 4.98 Å². The molecule has 5 heteroatoms. The number of methoxy groups -OCH3 is 1. The molecule has 0 saturated carbocycles. The molecule has 2 aromatic carbocycles. The van der Waals surface area contributed by atoms with Crippen LogP contribution in [0.3, 0.4) is 0 Å². The second-order valence-corrected chi connectivity index (χ2v) is 6.11. The van der Waals surface area contributed by atoms with E-state index in [2.05, 4.69) is 33.4 Å². The standard InChI is InChI=1S/C21H19N3O2/c1-26-18-9-6-16(7-10-18)23-21(25)19-11-8-17(14-22-19)24-13-12-15-4-2-3-5-20(15)24/h2-11,14H,12-13H2,1H3,(H,23,25). The maximum absolute atomic E-state index is 12.4. The molecule has 0 unspecified atom stereocenters. The van der Waals surface area contributed by atoms with Crippen LogP contribution in [0.15, 0.2) is 66.9 Å². The zero-order chi connectivity index (χ0) is 17.9. The molecule has 1 amide bonds. The Morgan fingerprint density at radius 1 is 1.08 bits per heavy atom. The number of fused-ring (bicyclic) bond motifs is 1. The molecule has 0 radical (unpaired) electrons. The summed E-state index contributed by atoms with van der Waals surface area (Å²) in [5, 5.41) is 2.84. The van der Waals surface area contributed by atoms with Crippen molar-refractivity contribution in [2.75, 3.05) is 23.9 Å². The highest BCUT2D eigenvalue weighted by Crippen LogP contribution is 2.33. The number of amides is 1. The van der Waals surface area contributed by atoms with E-state index in [1.54, 1.807) is 43.6 Å². The number of ether oxygens (including phenoxy) is 1. The van der Waals surface area contributed by atoms with Gasteiger partial charge in [0.15, 0.2) is 0 Å². The largest absolute Gasteiger partial charge is 0.497 e. The van der Waals surface area contributed by atoms with Crippen molar-refractivity contribution in [2.45, 2.75) is 6.42 Å². The summed E-state index contributed by atoms with van der Waals surface area (Å²) >= 11 is 0. The molecule has 5 nitrogen and oxygen atoms in total. The van der Waals surface area contributed by atoms with Crippen molar-refractivity contribution in [1.82, 2.24) is 4.98 Å². The third kappa shape index (κ3) is 3.11. The molecule has 4 rings (SSSR count). The first-order valence-corrected chi connectivity index (χ1v) is 8.51. The molecule has 0 aliphatic carbocycles. The summed E-state index contributed by atoms with van der Waals surface area (Å²) in [6.07, 6.45) is 2.78. The van der Waals surface area contributed by atoms with Crippen molar-refractivity contribution < 1.29 is 9.53 Å². The minimum absolute atomic E-state index is 0.233. The van der Waals surface area contributed by atoms with Crippen LogP contribution in [0.2, 0.25) is 0 Å². The van der Waals surface area contributed by atoms with Gasteiger partial charge in [0, 0.05) is 17.9 Å². The zero-order valence-corrected chi connectivity index (χ0v) is 14.5. The van der Waals surface area contributed by atoms with Gasteiger partial charge in [-0.05, 0) is 54.4 Å². The molecule has 0 fully saturated rings. The molecule has 26 heavy (non-hydrogen) atoms. The van der Waals surface area contributed by atoms with E-state index in [4.69, 9.17) is 4.74 Å². The van der Waals surface area contributed by atoms with Gasteiger partial charge in [-0.15, -0.1) is 0 Å². The van der Waals surface area contributed by atoms with Crippen molar-refractivity contribution >= 4 is 23.0 Å². The van der Waals surface area contributed by atoms with E-state index in [9.17, 15) is 4.79 Å². The maximum Gasteiger partial charge on any atom is 0.274 e. The van der Waals surface area contributed by atoms with Crippen LogP contribution < -0.4 is 15.0 Å². The number of anilines is 3. The summed E-state index contributed by atoms with van der Waals surface area (Å²) in [6.45, 7) is 0.929. The molecule has 1 aliphatic heterocycles. The van der Waals surface area contributed by atoms with Crippen molar-refractivity contribution in [3.63, 3.8) is 0 Å². The van der Waals surface area contributed by atoms with E-state index in [-0.39, 0.29) is 5.91 Å². The van der Waals surface area contributed by atoms with Gasteiger partial charge >= 0.3 is 0 Å². The molecule has 130 valence electrons. The highest BCUT2D eigenvalue weighted by molar-refractivity contribution is 6.03. The second-order valence-electron chi connectivity index (χ2n) is 6.11. The molecule has 2 heterocycles. The summed E-state index contributed by atoms with van der Waals surface area (Å²) in [7, 11) is 1.61. The summed E-state index contributed by atoms with van der Waals surface area (Å²) < 4.78 is 5.12. The zero-order valence-electron chi connectivity index (χ0n) is 14.5. The van der Waals surface area contributed by atoms with Crippen LogP contribution in [0.4, 0.5) is 17.1 Å². The van der Waals surface area contributed by atoms with Gasteiger partial charge < -0.3 is 15.0 Å². The number of aromatic nitrogens is 1. The highest BCUT2D eigenvalue weighted by Gasteiger charge is 2.20. The van der Waals surface area contributed by atoms with E-state index in [0.717, 1.165) is 24.4 Å². The van der Waals surface area contributed by atoms with E-state index in [0.29, 0.717) is 11.4 Å². The number of nitrogens with one attached hydrogen (secondary N) is 1. The summed E-state index contributed by atoms with van der Waals surface area (Å²) in [4.78, 5) is 19.0. The van der Waals surface area contributed by atoms with Gasteiger partial charge in [-0.2, -0.15) is 0 Å².